The Balaban J connectivity index is 2.15. The van der Waals surface area contributed by atoms with Gasteiger partial charge in [-0.1, -0.05) is 0 Å². The van der Waals surface area contributed by atoms with Crippen LogP contribution in [-0.4, -0.2) is 18.2 Å². The number of nitrogens with two attached hydrogens (primary N) is 1. The van der Waals surface area contributed by atoms with E-state index in [9.17, 15) is 0 Å². The molecule has 1 aromatic carbocycles. The number of methoxy groups -OCH3 is 1. The van der Waals surface area contributed by atoms with Crippen LogP contribution in [0.4, 0.5) is 5.69 Å². The van der Waals surface area contributed by atoms with Crippen LogP contribution in [0, 0.1) is 0 Å². The van der Waals surface area contributed by atoms with E-state index in [0.29, 0.717) is 6.10 Å². The van der Waals surface area contributed by atoms with E-state index in [4.69, 9.17) is 10.5 Å². The van der Waals surface area contributed by atoms with Crippen LogP contribution < -0.4 is 5.73 Å². The maximum absolute atomic E-state index is 5.84. The van der Waals surface area contributed by atoms with Gasteiger partial charge in [-0.05, 0) is 36.6 Å². The first kappa shape index (κ1) is 9.73. The van der Waals surface area contributed by atoms with Gasteiger partial charge in [-0.25, -0.2) is 0 Å². The zero-order valence-electron chi connectivity index (χ0n) is 9.42. The number of H-pyrrole nitrogens is 1. The number of aromatic amines is 1. The van der Waals surface area contributed by atoms with Gasteiger partial charge >= 0.3 is 0 Å². The summed E-state index contributed by atoms with van der Waals surface area (Å²) in [5, 5.41) is 1.26. The predicted octanol–water partition coefficient (Wildman–Crippen LogP) is 2.25. The average Bonchev–Trinajstić information content (AvgIpc) is 2.66. The standard InChI is InChI=1S/C13H16N2O/c1-16-9-3-5-13-11(7-9)10-6-8(14)2-4-12(10)15-13/h2,4,6,9,15H,3,5,7,14H2,1H3. The number of hydrogen-bond acceptors (Lipinski definition) is 2. The summed E-state index contributed by atoms with van der Waals surface area (Å²) >= 11 is 0. The normalized spacial score (nSPS) is 19.9. The lowest BCUT2D eigenvalue weighted by molar-refractivity contribution is 0.0911. The third-order valence-electron chi connectivity index (χ3n) is 3.50. The van der Waals surface area contributed by atoms with Gasteiger partial charge in [-0.15, -0.1) is 0 Å². The fourth-order valence-electron chi connectivity index (χ4n) is 2.60. The average molecular weight is 216 g/mol. The molecule has 1 aliphatic rings. The quantitative estimate of drug-likeness (QED) is 0.718. The molecule has 0 fully saturated rings. The van der Waals surface area contributed by atoms with Crippen LogP contribution >= 0.6 is 0 Å². The maximum Gasteiger partial charge on any atom is 0.0616 e. The summed E-state index contributed by atoms with van der Waals surface area (Å²) in [5.41, 5.74) is 10.6. The summed E-state index contributed by atoms with van der Waals surface area (Å²) in [6, 6.07) is 6.06. The van der Waals surface area contributed by atoms with E-state index in [1.54, 1.807) is 7.11 Å². The lowest BCUT2D eigenvalue weighted by atomic mass is 9.93. The predicted molar refractivity (Wildman–Crippen MR) is 65.5 cm³/mol. The highest BCUT2D eigenvalue weighted by Crippen LogP contribution is 2.31. The van der Waals surface area contributed by atoms with Crippen LogP contribution in [0.1, 0.15) is 17.7 Å². The first-order valence-electron chi connectivity index (χ1n) is 5.69. The molecule has 0 saturated heterocycles. The Morgan fingerprint density at radius 3 is 3.12 bits per heavy atom. The molecule has 3 nitrogen and oxygen atoms in total. The van der Waals surface area contributed by atoms with E-state index in [0.717, 1.165) is 24.9 Å². The lowest BCUT2D eigenvalue weighted by Crippen LogP contribution is -2.20. The molecule has 1 unspecified atom stereocenters. The van der Waals surface area contributed by atoms with Crippen molar-refractivity contribution in [3.05, 3.63) is 29.5 Å². The Bertz CT molecular complexity index is 530. The summed E-state index contributed by atoms with van der Waals surface area (Å²) in [7, 11) is 1.79. The number of ether oxygens (including phenoxy) is 1. The summed E-state index contributed by atoms with van der Waals surface area (Å²) in [5.74, 6) is 0. The molecule has 0 saturated carbocycles. The molecular formula is C13H16N2O. The lowest BCUT2D eigenvalue weighted by Gasteiger charge is -2.20. The highest BCUT2D eigenvalue weighted by Gasteiger charge is 2.21. The molecule has 0 spiro atoms. The molecular weight excluding hydrogens is 200 g/mol. The van der Waals surface area contributed by atoms with Gasteiger partial charge in [0.1, 0.15) is 0 Å². The van der Waals surface area contributed by atoms with E-state index >= 15 is 0 Å². The van der Waals surface area contributed by atoms with Gasteiger partial charge < -0.3 is 15.5 Å². The van der Waals surface area contributed by atoms with Crippen molar-refractivity contribution >= 4 is 16.6 Å². The number of fused-ring (bicyclic) bond motifs is 3. The number of benzene rings is 1. The molecule has 0 bridgehead atoms. The number of aromatic nitrogens is 1. The number of nitrogen functional groups attached to an aromatic ring is 1. The summed E-state index contributed by atoms with van der Waals surface area (Å²) in [4.78, 5) is 3.48. The maximum atomic E-state index is 5.84. The van der Waals surface area contributed by atoms with Crippen LogP contribution in [0.3, 0.4) is 0 Å². The van der Waals surface area contributed by atoms with E-state index in [1.165, 1.54) is 22.2 Å². The van der Waals surface area contributed by atoms with Crippen molar-refractivity contribution < 1.29 is 4.74 Å². The van der Waals surface area contributed by atoms with Crippen molar-refractivity contribution in [2.24, 2.45) is 0 Å². The largest absolute Gasteiger partial charge is 0.399 e. The molecule has 3 heteroatoms. The molecule has 1 atom stereocenters. The number of aryl methyl sites for hydroxylation is 1. The van der Waals surface area contributed by atoms with Crippen molar-refractivity contribution in [2.45, 2.75) is 25.4 Å². The molecule has 3 rings (SSSR count). The van der Waals surface area contributed by atoms with Crippen molar-refractivity contribution in [3.63, 3.8) is 0 Å². The first-order chi connectivity index (χ1) is 7.78. The summed E-state index contributed by atoms with van der Waals surface area (Å²) in [6.45, 7) is 0. The molecule has 2 aromatic rings. The minimum atomic E-state index is 0.355. The molecule has 1 aliphatic carbocycles. The van der Waals surface area contributed by atoms with Gasteiger partial charge in [0.25, 0.3) is 0 Å². The van der Waals surface area contributed by atoms with Crippen LogP contribution in [-0.2, 0) is 17.6 Å². The van der Waals surface area contributed by atoms with Crippen LogP contribution in [0.25, 0.3) is 10.9 Å². The minimum Gasteiger partial charge on any atom is -0.399 e. The van der Waals surface area contributed by atoms with Gasteiger partial charge in [0.05, 0.1) is 6.10 Å². The Morgan fingerprint density at radius 1 is 1.44 bits per heavy atom. The molecule has 0 radical (unpaired) electrons. The molecule has 0 aliphatic heterocycles. The smallest absolute Gasteiger partial charge is 0.0616 e. The molecule has 84 valence electrons. The van der Waals surface area contributed by atoms with Crippen molar-refractivity contribution in [1.82, 2.24) is 4.98 Å². The number of hydrogen-bond donors (Lipinski definition) is 2. The highest BCUT2D eigenvalue weighted by molar-refractivity contribution is 5.87. The van der Waals surface area contributed by atoms with Crippen molar-refractivity contribution in [1.29, 1.82) is 0 Å². The molecule has 16 heavy (non-hydrogen) atoms. The van der Waals surface area contributed by atoms with Crippen molar-refractivity contribution in [3.8, 4) is 0 Å². The molecule has 3 N–H and O–H groups in total. The topological polar surface area (TPSA) is 51.0 Å². The molecule has 0 amide bonds. The van der Waals surface area contributed by atoms with Gasteiger partial charge in [-0.2, -0.15) is 0 Å². The monoisotopic (exact) mass is 216 g/mol. The Hall–Kier alpha value is -1.48. The first-order valence-corrected chi connectivity index (χ1v) is 5.69. The third kappa shape index (κ3) is 1.39. The summed E-state index contributed by atoms with van der Waals surface area (Å²) in [6.07, 6.45) is 3.52. The van der Waals surface area contributed by atoms with E-state index in [1.807, 2.05) is 6.07 Å². The number of nitrogens with one attached hydrogen (secondary N) is 1. The van der Waals surface area contributed by atoms with Gasteiger partial charge in [-0.3, -0.25) is 0 Å². The highest BCUT2D eigenvalue weighted by atomic mass is 16.5. The fourth-order valence-corrected chi connectivity index (χ4v) is 2.60. The molecule has 1 heterocycles. The van der Waals surface area contributed by atoms with Crippen LogP contribution in [0.15, 0.2) is 18.2 Å². The fraction of sp³-hybridized carbons (Fsp3) is 0.385. The Kier molecular flexibility index (Phi) is 2.14. The van der Waals surface area contributed by atoms with Gasteiger partial charge in [0.2, 0.25) is 0 Å². The Morgan fingerprint density at radius 2 is 2.31 bits per heavy atom. The van der Waals surface area contributed by atoms with E-state index in [2.05, 4.69) is 17.1 Å². The number of rotatable bonds is 1. The van der Waals surface area contributed by atoms with Crippen LogP contribution in [0.5, 0.6) is 0 Å². The van der Waals surface area contributed by atoms with Gasteiger partial charge in [0.15, 0.2) is 0 Å². The summed E-state index contributed by atoms with van der Waals surface area (Å²) < 4.78 is 5.45. The van der Waals surface area contributed by atoms with E-state index < -0.39 is 0 Å². The van der Waals surface area contributed by atoms with Gasteiger partial charge in [0, 0.05) is 35.8 Å². The SMILES string of the molecule is COC1CCc2[nH]c3ccc(N)cc3c2C1. The molecule has 1 aromatic heterocycles. The zero-order chi connectivity index (χ0) is 11.1. The zero-order valence-corrected chi connectivity index (χ0v) is 9.42. The second kappa shape index (κ2) is 3.52. The van der Waals surface area contributed by atoms with Crippen LogP contribution in [0.2, 0.25) is 0 Å². The second-order valence-electron chi connectivity index (χ2n) is 4.49. The van der Waals surface area contributed by atoms with Crippen molar-refractivity contribution in [2.75, 3.05) is 12.8 Å². The number of anilines is 1. The van der Waals surface area contributed by atoms with E-state index in [-0.39, 0.29) is 0 Å². The second-order valence-corrected chi connectivity index (χ2v) is 4.49. The Labute approximate surface area is 94.6 Å². The minimum absolute atomic E-state index is 0.355. The third-order valence-corrected chi connectivity index (χ3v) is 3.50.